The molecular formula is C16H17NO5. The monoisotopic (exact) mass is 303 g/mol. The van der Waals surface area contributed by atoms with Crippen LogP contribution in [0, 0.1) is 0 Å². The summed E-state index contributed by atoms with van der Waals surface area (Å²) in [6.45, 7) is 0. The molecule has 3 rings (SSSR count). The number of hydrogen-bond acceptors (Lipinski definition) is 6. The summed E-state index contributed by atoms with van der Waals surface area (Å²) in [6, 6.07) is 10.3. The highest BCUT2D eigenvalue weighted by molar-refractivity contribution is 5.74. The van der Waals surface area contributed by atoms with Crippen molar-refractivity contribution >= 4 is 11.7 Å². The van der Waals surface area contributed by atoms with Gasteiger partial charge in [-0.25, -0.2) is 0 Å². The maximum Gasteiger partial charge on any atom is 0.308 e. The molecule has 0 amide bonds. The molecule has 2 N–H and O–H groups in total. The van der Waals surface area contributed by atoms with Crippen molar-refractivity contribution in [3.63, 3.8) is 0 Å². The molecule has 2 aromatic rings. The van der Waals surface area contributed by atoms with E-state index in [4.69, 9.17) is 13.9 Å². The SMILES string of the molecule is COc1ccc(N[C@@H]2CC(=O)O[C@@H]2[C@@H](O)c2ccco2)cc1. The van der Waals surface area contributed by atoms with Gasteiger partial charge in [0, 0.05) is 5.69 Å². The second-order valence-corrected chi connectivity index (χ2v) is 5.10. The zero-order valence-electron chi connectivity index (χ0n) is 12.1. The van der Waals surface area contributed by atoms with Crippen LogP contribution in [-0.2, 0) is 9.53 Å². The molecule has 0 spiro atoms. The van der Waals surface area contributed by atoms with Gasteiger partial charge in [-0.1, -0.05) is 0 Å². The number of esters is 1. The Morgan fingerprint density at radius 1 is 1.32 bits per heavy atom. The summed E-state index contributed by atoms with van der Waals surface area (Å²) < 4.78 is 15.5. The highest BCUT2D eigenvalue weighted by Gasteiger charge is 2.41. The van der Waals surface area contributed by atoms with Crippen LogP contribution in [0.5, 0.6) is 5.75 Å². The number of aliphatic hydroxyl groups excluding tert-OH is 1. The Balaban J connectivity index is 1.74. The van der Waals surface area contributed by atoms with E-state index in [9.17, 15) is 9.90 Å². The van der Waals surface area contributed by atoms with Gasteiger partial charge in [-0.05, 0) is 36.4 Å². The van der Waals surface area contributed by atoms with Crippen LogP contribution in [-0.4, -0.2) is 30.3 Å². The van der Waals surface area contributed by atoms with E-state index < -0.39 is 12.2 Å². The number of anilines is 1. The third-order valence-corrected chi connectivity index (χ3v) is 3.64. The lowest BCUT2D eigenvalue weighted by atomic mass is 10.0. The van der Waals surface area contributed by atoms with E-state index in [0.29, 0.717) is 5.76 Å². The summed E-state index contributed by atoms with van der Waals surface area (Å²) in [5, 5.41) is 13.5. The van der Waals surface area contributed by atoms with Gasteiger partial charge in [0.2, 0.25) is 0 Å². The quantitative estimate of drug-likeness (QED) is 0.824. The molecular weight excluding hydrogens is 286 g/mol. The smallest absolute Gasteiger partial charge is 0.308 e. The third-order valence-electron chi connectivity index (χ3n) is 3.64. The first-order chi connectivity index (χ1) is 10.7. The lowest BCUT2D eigenvalue weighted by Crippen LogP contribution is -2.34. The molecule has 2 heterocycles. The van der Waals surface area contributed by atoms with Crippen LogP contribution in [0.1, 0.15) is 18.3 Å². The van der Waals surface area contributed by atoms with E-state index in [-0.39, 0.29) is 18.4 Å². The predicted octanol–water partition coefficient (Wildman–Crippen LogP) is 2.12. The van der Waals surface area contributed by atoms with Crippen molar-refractivity contribution in [1.82, 2.24) is 0 Å². The second-order valence-electron chi connectivity index (χ2n) is 5.10. The minimum absolute atomic E-state index is 0.189. The van der Waals surface area contributed by atoms with Crippen molar-refractivity contribution in [1.29, 1.82) is 0 Å². The Morgan fingerprint density at radius 2 is 2.09 bits per heavy atom. The summed E-state index contributed by atoms with van der Waals surface area (Å²) in [5.41, 5.74) is 0.820. The first kappa shape index (κ1) is 14.5. The number of aliphatic hydroxyl groups is 1. The second kappa shape index (κ2) is 6.11. The molecule has 0 aliphatic carbocycles. The van der Waals surface area contributed by atoms with Gasteiger partial charge < -0.3 is 24.3 Å². The Bertz CT molecular complexity index is 622. The van der Waals surface area contributed by atoms with Crippen molar-refractivity contribution in [2.24, 2.45) is 0 Å². The van der Waals surface area contributed by atoms with Crippen LogP contribution in [0.25, 0.3) is 0 Å². The number of benzene rings is 1. The minimum atomic E-state index is -1.00. The molecule has 1 aliphatic heterocycles. The zero-order valence-corrected chi connectivity index (χ0v) is 12.1. The van der Waals surface area contributed by atoms with Gasteiger partial charge in [-0.3, -0.25) is 4.79 Å². The summed E-state index contributed by atoms with van der Waals surface area (Å²) in [7, 11) is 1.60. The van der Waals surface area contributed by atoms with E-state index >= 15 is 0 Å². The molecule has 1 aliphatic rings. The summed E-state index contributed by atoms with van der Waals surface area (Å²) in [4.78, 5) is 11.6. The van der Waals surface area contributed by atoms with Gasteiger partial charge in [0.15, 0.2) is 12.2 Å². The van der Waals surface area contributed by atoms with Crippen molar-refractivity contribution in [3.8, 4) is 5.75 Å². The van der Waals surface area contributed by atoms with Gasteiger partial charge in [-0.15, -0.1) is 0 Å². The molecule has 1 fully saturated rings. The predicted molar refractivity (Wildman–Crippen MR) is 78.6 cm³/mol. The standard InChI is InChI=1S/C16H17NO5/c1-20-11-6-4-10(5-7-11)17-12-9-14(18)22-16(12)15(19)13-3-2-8-21-13/h2-8,12,15-17,19H,9H2,1H3/t12-,15+,16+/m1/s1. The molecule has 0 radical (unpaired) electrons. The Morgan fingerprint density at radius 3 is 2.73 bits per heavy atom. The van der Waals surface area contributed by atoms with Crippen molar-refractivity contribution in [3.05, 3.63) is 48.4 Å². The van der Waals surface area contributed by atoms with Gasteiger partial charge in [0.25, 0.3) is 0 Å². The van der Waals surface area contributed by atoms with Crippen LogP contribution in [0.4, 0.5) is 5.69 Å². The van der Waals surface area contributed by atoms with Gasteiger partial charge in [0.1, 0.15) is 11.5 Å². The maximum absolute atomic E-state index is 11.6. The average Bonchev–Trinajstić information content (AvgIpc) is 3.17. The molecule has 6 heteroatoms. The van der Waals surface area contributed by atoms with Crippen molar-refractivity contribution in [2.75, 3.05) is 12.4 Å². The molecule has 22 heavy (non-hydrogen) atoms. The molecule has 1 aromatic carbocycles. The highest BCUT2D eigenvalue weighted by Crippen LogP contribution is 2.30. The van der Waals surface area contributed by atoms with Gasteiger partial charge in [-0.2, -0.15) is 0 Å². The van der Waals surface area contributed by atoms with Crippen LogP contribution < -0.4 is 10.1 Å². The number of rotatable bonds is 5. The van der Waals surface area contributed by atoms with Crippen LogP contribution >= 0.6 is 0 Å². The van der Waals surface area contributed by atoms with E-state index in [0.717, 1.165) is 11.4 Å². The summed E-state index contributed by atoms with van der Waals surface area (Å²) in [5.74, 6) is 0.777. The number of ether oxygens (including phenoxy) is 2. The van der Waals surface area contributed by atoms with Crippen LogP contribution in [0.2, 0.25) is 0 Å². The fraction of sp³-hybridized carbons (Fsp3) is 0.312. The largest absolute Gasteiger partial charge is 0.497 e. The molecule has 3 atom stereocenters. The van der Waals surface area contributed by atoms with E-state index in [1.165, 1.54) is 6.26 Å². The average molecular weight is 303 g/mol. The number of cyclic esters (lactones) is 1. The molecule has 1 aromatic heterocycles. The van der Waals surface area contributed by atoms with E-state index in [1.54, 1.807) is 19.2 Å². The van der Waals surface area contributed by atoms with Gasteiger partial charge in [0.05, 0.1) is 25.8 Å². The molecule has 0 saturated carbocycles. The number of hydrogen-bond donors (Lipinski definition) is 2. The van der Waals surface area contributed by atoms with E-state index in [2.05, 4.69) is 5.32 Å². The number of carbonyl (C=O) groups excluding carboxylic acids is 1. The molecule has 1 saturated heterocycles. The lowest BCUT2D eigenvalue weighted by Gasteiger charge is -2.23. The number of methoxy groups -OCH3 is 1. The number of nitrogens with one attached hydrogen (secondary N) is 1. The molecule has 0 unspecified atom stereocenters. The summed E-state index contributed by atoms with van der Waals surface area (Å²) in [6.07, 6.45) is -0.0339. The first-order valence-electron chi connectivity index (χ1n) is 6.99. The van der Waals surface area contributed by atoms with Crippen LogP contribution in [0.3, 0.4) is 0 Å². The number of carbonyl (C=O) groups is 1. The third kappa shape index (κ3) is 2.92. The summed E-state index contributed by atoms with van der Waals surface area (Å²) >= 11 is 0. The minimum Gasteiger partial charge on any atom is -0.497 e. The Kier molecular flexibility index (Phi) is 4.02. The normalized spacial score (nSPS) is 22.2. The molecule has 0 bridgehead atoms. The fourth-order valence-corrected chi connectivity index (χ4v) is 2.52. The molecule has 116 valence electrons. The number of furan rings is 1. The highest BCUT2D eigenvalue weighted by atomic mass is 16.6. The van der Waals surface area contributed by atoms with Crippen molar-refractivity contribution in [2.45, 2.75) is 24.7 Å². The maximum atomic E-state index is 11.6. The Labute approximate surface area is 127 Å². The van der Waals surface area contributed by atoms with Crippen LogP contribution in [0.15, 0.2) is 47.1 Å². The Hall–Kier alpha value is -2.47. The first-order valence-corrected chi connectivity index (χ1v) is 6.99. The van der Waals surface area contributed by atoms with E-state index in [1.807, 2.05) is 24.3 Å². The molecule has 6 nitrogen and oxygen atoms in total. The zero-order chi connectivity index (χ0) is 15.5. The fourth-order valence-electron chi connectivity index (χ4n) is 2.52. The topological polar surface area (TPSA) is 80.9 Å². The lowest BCUT2D eigenvalue weighted by molar-refractivity contribution is -0.146. The van der Waals surface area contributed by atoms with Crippen molar-refractivity contribution < 1.29 is 23.8 Å². The van der Waals surface area contributed by atoms with Gasteiger partial charge >= 0.3 is 5.97 Å².